The van der Waals surface area contributed by atoms with E-state index < -0.39 is 0 Å². The topological polar surface area (TPSA) is 54.1 Å². The molecule has 0 spiro atoms. The summed E-state index contributed by atoms with van der Waals surface area (Å²) in [4.78, 5) is 14.9. The van der Waals surface area contributed by atoms with Crippen LogP contribution >= 0.6 is 15.9 Å². The van der Waals surface area contributed by atoms with Gasteiger partial charge >= 0.3 is 0 Å². The quantitative estimate of drug-likeness (QED) is 0.911. The summed E-state index contributed by atoms with van der Waals surface area (Å²) in [6, 6.07) is 9.29. The molecule has 1 aromatic carbocycles. The number of carbonyl (C=O) groups is 1. The summed E-state index contributed by atoms with van der Waals surface area (Å²) in [6.45, 7) is 0.463. The molecule has 0 aliphatic rings. The van der Waals surface area contributed by atoms with Gasteiger partial charge in [-0.25, -0.2) is 0 Å². The number of rotatable bonds is 4. The lowest BCUT2D eigenvalue weighted by molar-refractivity contribution is 0.102. The van der Waals surface area contributed by atoms with Crippen LogP contribution in [0.3, 0.4) is 0 Å². The summed E-state index contributed by atoms with van der Waals surface area (Å²) < 4.78 is 5.94. The molecule has 1 aromatic heterocycles. The van der Waals surface area contributed by atoms with Gasteiger partial charge in [-0.05, 0) is 28.1 Å². The lowest BCUT2D eigenvalue weighted by Crippen LogP contribution is -2.13. The summed E-state index contributed by atoms with van der Waals surface area (Å²) >= 11 is 3.29. The van der Waals surface area contributed by atoms with Gasteiger partial charge in [0.25, 0.3) is 5.91 Å². The van der Waals surface area contributed by atoms with Crippen LogP contribution < -0.4 is 5.32 Å². The molecule has 94 valence electrons. The number of carbonyl (C=O) groups excluding carboxylic acids is 1. The molecule has 0 unspecified atom stereocenters. The van der Waals surface area contributed by atoms with Crippen molar-refractivity contribution < 1.29 is 9.53 Å². The van der Waals surface area contributed by atoms with Gasteiger partial charge in [0.1, 0.15) is 5.69 Å². The largest absolute Gasteiger partial charge is 0.380 e. The normalized spacial score (nSPS) is 10.3. The van der Waals surface area contributed by atoms with Crippen molar-refractivity contribution in [3.63, 3.8) is 0 Å². The van der Waals surface area contributed by atoms with E-state index in [1.165, 1.54) is 0 Å². The van der Waals surface area contributed by atoms with E-state index in [1.807, 2.05) is 24.3 Å². The number of benzene rings is 1. The van der Waals surface area contributed by atoms with Gasteiger partial charge in [-0.2, -0.15) is 0 Å². The van der Waals surface area contributed by atoms with Gasteiger partial charge in [-0.15, -0.1) is 0 Å². The number of halogens is 1. The number of hydrogen-bond acceptors (Lipinski definition) is 2. The molecule has 1 amide bonds. The number of anilines is 1. The minimum Gasteiger partial charge on any atom is -0.380 e. The lowest BCUT2D eigenvalue weighted by Gasteiger charge is -2.09. The first-order valence-electron chi connectivity index (χ1n) is 5.43. The molecule has 5 heteroatoms. The Morgan fingerprint density at radius 2 is 2.22 bits per heavy atom. The third-order valence-corrected chi connectivity index (χ3v) is 2.92. The molecule has 0 fully saturated rings. The van der Waals surface area contributed by atoms with Crippen molar-refractivity contribution in [2.75, 3.05) is 12.4 Å². The number of hydrogen-bond donors (Lipinski definition) is 2. The van der Waals surface area contributed by atoms with Crippen molar-refractivity contribution in [2.24, 2.45) is 0 Å². The third-order valence-electron chi connectivity index (χ3n) is 2.46. The van der Waals surface area contributed by atoms with Gasteiger partial charge in [-0.3, -0.25) is 4.79 Å². The summed E-state index contributed by atoms with van der Waals surface area (Å²) in [5, 5.41) is 2.85. The first-order chi connectivity index (χ1) is 8.70. The number of ether oxygens (including phenoxy) is 1. The van der Waals surface area contributed by atoms with Crippen molar-refractivity contribution in [3.05, 3.63) is 52.3 Å². The summed E-state index contributed by atoms with van der Waals surface area (Å²) in [5.41, 5.74) is 2.21. The van der Waals surface area contributed by atoms with E-state index in [9.17, 15) is 4.79 Å². The number of aromatic amines is 1. The van der Waals surface area contributed by atoms with Crippen molar-refractivity contribution in [1.29, 1.82) is 0 Å². The Balaban J connectivity index is 2.16. The zero-order valence-corrected chi connectivity index (χ0v) is 11.5. The van der Waals surface area contributed by atoms with Gasteiger partial charge in [0.05, 0.1) is 6.61 Å². The van der Waals surface area contributed by atoms with Gasteiger partial charge in [-0.1, -0.05) is 18.2 Å². The second-order valence-electron chi connectivity index (χ2n) is 3.78. The SMILES string of the molecule is COCc1ccccc1NC(=O)c1cc(Br)c[nH]1. The second kappa shape index (κ2) is 5.84. The molecule has 2 aromatic rings. The molecule has 2 N–H and O–H groups in total. The van der Waals surface area contributed by atoms with Crippen molar-refractivity contribution in [2.45, 2.75) is 6.61 Å². The number of amides is 1. The van der Waals surface area contributed by atoms with Crippen LogP contribution in [0.2, 0.25) is 0 Å². The van der Waals surface area contributed by atoms with Crippen LogP contribution in [0.4, 0.5) is 5.69 Å². The van der Waals surface area contributed by atoms with Crippen LogP contribution in [-0.2, 0) is 11.3 Å². The predicted molar refractivity (Wildman–Crippen MR) is 73.6 cm³/mol. The highest BCUT2D eigenvalue weighted by Gasteiger charge is 2.10. The van der Waals surface area contributed by atoms with Gasteiger partial charge in [0, 0.05) is 29.0 Å². The van der Waals surface area contributed by atoms with Crippen LogP contribution in [0.25, 0.3) is 0 Å². The average Bonchev–Trinajstić information content (AvgIpc) is 2.79. The average molecular weight is 309 g/mol. The molecule has 0 aliphatic carbocycles. The maximum Gasteiger partial charge on any atom is 0.272 e. The Morgan fingerprint density at radius 1 is 1.44 bits per heavy atom. The van der Waals surface area contributed by atoms with Gasteiger partial charge in [0.15, 0.2) is 0 Å². The van der Waals surface area contributed by atoms with Gasteiger partial charge < -0.3 is 15.0 Å². The minimum atomic E-state index is -0.177. The summed E-state index contributed by atoms with van der Waals surface area (Å²) in [5.74, 6) is -0.177. The Bertz CT molecular complexity index is 551. The van der Waals surface area contributed by atoms with Crippen LogP contribution in [0, 0.1) is 0 Å². The molecular weight excluding hydrogens is 296 g/mol. The Kier molecular flexibility index (Phi) is 4.17. The van der Waals surface area contributed by atoms with Crippen molar-refractivity contribution in [3.8, 4) is 0 Å². The molecule has 0 saturated carbocycles. The monoisotopic (exact) mass is 308 g/mol. The molecule has 0 atom stereocenters. The standard InChI is InChI=1S/C13H13BrN2O2/c1-18-8-9-4-2-3-5-11(9)16-13(17)12-6-10(14)7-15-12/h2-7,15H,8H2,1H3,(H,16,17). The molecule has 0 bridgehead atoms. The maximum atomic E-state index is 12.0. The second-order valence-corrected chi connectivity index (χ2v) is 4.69. The molecule has 0 aliphatic heterocycles. The number of para-hydroxylation sites is 1. The summed E-state index contributed by atoms with van der Waals surface area (Å²) in [7, 11) is 1.63. The fourth-order valence-electron chi connectivity index (χ4n) is 1.61. The Hall–Kier alpha value is -1.59. The smallest absolute Gasteiger partial charge is 0.272 e. The first kappa shape index (κ1) is 12.9. The molecule has 18 heavy (non-hydrogen) atoms. The van der Waals surface area contributed by atoms with E-state index in [4.69, 9.17) is 4.74 Å². The van der Waals surface area contributed by atoms with E-state index in [0.29, 0.717) is 12.3 Å². The van der Waals surface area contributed by atoms with E-state index in [-0.39, 0.29) is 5.91 Å². The maximum absolute atomic E-state index is 12.0. The highest BCUT2D eigenvalue weighted by molar-refractivity contribution is 9.10. The fourth-order valence-corrected chi connectivity index (χ4v) is 1.96. The Labute approximate surface area is 113 Å². The number of methoxy groups -OCH3 is 1. The van der Waals surface area contributed by atoms with Crippen molar-refractivity contribution in [1.82, 2.24) is 4.98 Å². The van der Waals surface area contributed by atoms with Crippen LogP contribution in [0.15, 0.2) is 41.0 Å². The van der Waals surface area contributed by atoms with E-state index >= 15 is 0 Å². The zero-order chi connectivity index (χ0) is 13.0. The van der Waals surface area contributed by atoms with E-state index in [2.05, 4.69) is 26.2 Å². The summed E-state index contributed by atoms with van der Waals surface area (Å²) in [6.07, 6.45) is 1.72. The van der Waals surface area contributed by atoms with Crippen LogP contribution in [-0.4, -0.2) is 18.0 Å². The molecule has 2 rings (SSSR count). The van der Waals surface area contributed by atoms with Crippen LogP contribution in [0.5, 0.6) is 0 Å². The minimum absolute atomic E-state index is 0.177. The third kappa shape index (κ3) is 3.00. The van der Waals surface area contributed by atoms with E-state index in [1.54, 1.807) is 19.4 Å². The predicted octanol–water partition coefficient (Wildman–Crippen LogP) is 3.18. The molecule has 4 nitrogen and oxygen atoms in total. The number of aromatic nitrogens is 1. The zero-order valence-electron chi connectivity index (χ0n) is 9.87. The van der Waals surface area contributed by atoms with E-state index in [0.717, 1.165) is 15.7 Å². The molecule has 0 radical (unpaired) electrons. The lowest BCUT2D eigenvalue weighted by atomic mass is 10.2. The highest BCUT2D eigenvalue weighted by atomic mass is 79.9. The van der Waals surface area contributed by atoms with Crippen molar-refractivity contribution >= 4 is 27.5 Å². The Morgan fingerprint density at radius 3 is 2.89 bits per heavy atom. The first-order valence-corrected chi connectivity index (χ1v) is 6.22. The number of nitrogens with one attached hydrogen (secondary N) is 2. The van der Waals surface area contributed by atoms with Gasteiger partial charge in [0.2, 0.25) is 0 Å². The molecule has 0 saturated heterocycles. The van der Waals surface area contributed by atoms with Crippen LogP contribution in [0.1, 0.15) is 16.1 Å². The fraction of sp³-hybridized carbons (Fsp3) is 0.154. The number of H-pyrrole nitrogens is 1. The highest BCUT2D eigenvalue weighted by Crippen LogP contribution is 2.18. The molecule has 1 heterocycles. The molecular formula is C13H13BrN2O2.